The van der Waals surface area contributed by atoms with Crippen LogP contribution < -0.4 is 5.73 Å². The summed E-state index contributed by atoms with van der Waals surface area (Å²) >= 11 is 2.94. The minimum Gasteiger partial charge on any atom is -0.395 e. The lowest BCUT2D eigenvalue weighted by molar-refractivity contribution is 0.687. The Bertz CT molecular complexity index is 517. The molecular weight excluding hydrogens is 254 g/mol. The first-order valence-corrected chi connectivity index (χ1v) is 7.06. The van der Waals surface area contributed by atoms with Crippen molar-refractivity contribution in [1.82, 2.24) is 19.1 Å². The van der Waals surface area contributed by atoms with Crippen LogP contribution in [0, 0.1) is 0 Å². The Morgan fingerprint density at radius 2 is 2.12 bits per heavy atom. The Kier molecular flexibility index (Phi) is 3.68. The quantitative estimate of drug-likeness (QED) is 0.920. The zero-order valence-corrected chi connectivity index (χ0v) is 11.7. The number of nitrogens with zero attached hydrogens (tertiary/aromatic N) is 4. The van der Waals surface area contributed by atoms with E-state index in [1.165, 1.54) is 23.3 Å². The molecule has 7 heteroatoms. The summed E-state index contributed by atoms with van der Waals surface area (Å²) < 4.78 is 6.98. The highest BCUT2D eigenvalue weighted by atomic mass is 32.2. The molecule has 0 aliphatic rings. The first-order valence-electron chi connectivity index (χ1n) is 5.47. The molecule has 5 nitrogen and oxygen atoms in total. The monoisotopic (exact) mass is 269 g/mol. The highest BCUT2D eigenvalue weighted by Gasteiger charge is 2.15. The molecule has 2 heterocycles. The molecule has 0 unspecified atom stereocenters. The maximum absolute atomic E-state index is 6.05. The van der Waals surface area contributed by atoms with Crippen LogP contribution in [0.15, 0.2) is 9.37 Å². The van der Waals surface area contributed by atoms with Crippen LogP contribution in [0.3, 0.4) is 0 Å². The van der Waals surface area contributed by atoms with Crippen LogP contribution in [0.4, 0.5) is 5.69 Å². The molecule has 2 rings (SSSR count). The molecule has 0 atom stereocenters. The molecule has 2 aromatic rings. The third-order valence-electron chi connectivity index (χ3n) is 2.39. The van der Waals surface area contributed by atoms with E-state index in [2.05, 4.69) is 14.5 Å². The third-order valence-corrected chi connectivity index (χ3v) is 4.36. The lowest BCUT2D eigenvalue weighted by atomic mass is 10.3. The maximum atomic E-state index is 6.05. The molecule has 2 N–H and O–H groups in total. The fraction of sp³-hybridized carbons (Fsp3) is 0.500. The Balaban J connectivity index is 2.26. The molecule has 17 heavy (non-hydrogen) atoms. The molecule has 0 saturated heterocycles. The van der Waals surface area contributed by atoms with Crippen molar-refractivity contribution in [3.05, 3.63) is 11.5 Å². The van der Waals surface area contributed by atoms with E-state index >= 15 is 0 Å². The number of nitrogen functional groups attached to an aromatic ring is 1. The van der Waals surface area contributed by atoms with Crippen molar-refractivity contribution in [1.29, 1.82) is 0 Å². The van der Waals surface area contributed by atoms with Gasteiger partial charge in [0.15, 0.2) is 4.34 Å². The molecule has 0 aromatic carbocycles. The highest BCUT2D eigenvalue weighted by molar-refractivity contribution is 8.01. The minimum absolute atomic E-state index is 0.758. The van der Waals surface area contributed by atoms with Crippen molar-refractivity contribution in [2.45, 2.75) is 36.1 Å². The van der Waals surface area contributed by atoms with Crippen LogP contribution in [-0.4, -0.2) is 19.1 Å². The van der Waals surface area contributed by atoms with Crippen molar-refractivity contribution in [3.63, 3.8) is 0 Å². The lowest BCUT2D eigenvalue weighted by Gasteiger charge is -1.98. The molecule has 0 aliphatic heterocycles. The van der Waals surface area contributed by atoms with Crippen LogP contribution >= 0.6 is 23.3 Å². The standard InChI is InChI=1S/C10H15N5S2/c1-4-6-8(11)9(15(3)13-6)16-10-12-7(5-2)14-17-10/h4-5,11H2,1-3H3. The van der Waals surface area contributed by atoms with Crippen LogP contribution in [0.2, 0.25) is 0 Å². The van der Waals surface area contributed by atoms with Gasteiger partial charge in [-0.05, 0) is 29.7 Å². The number of hydrogen-bond donors (Lipinski definition) is 1. The van der Waals surface area contributed by atoms with Crippen LogP contribution in [-0.2, 0) is 19.9 Å². The normalized spacial score (nSPS) is 11.0. The Labute approximate surface area is 109 Å². The third kappa shape index (κ3) is 2.44. The predicted octanol–water partition coefficient (Wildman–Crippen LogP) is 2.13. The van der Waals surface area contributed by atoms with Crippen LogP contribution in [0.5, 0.6) is 0 Å². The topological polar surface area (TPSA) is 69.6 Å². The van der Waals surface area contributed by atoms with Gasteiger partial charge in [-0.2, -0.15) is 9.47 Å². The molecule has 0 amide bonds. The van der Waals surface area contributed by atoms with Gasteiger partial charge < -0.3 is 5.73 Å². The van der Waals surface area contributed by atoms with Gasteiger partial charge >= 0.3 is 0 Å². The fourth-order valence-electron chi connectivity index (χ4n) is 1.47. The summed E-state index contributed by atoms with van der Waals surface area (Å²) in [4.78, 5) is 4.42. The van der Waals surface area contributed by atoms with Crippen molar-refractivity contribution in [2.24, 2.45) is 7.05 Å². The molecule has 92 valence electrons. The number of hydrogen-bond acceptors (Lipinski definition) is 6. The van der Waals surface area contributed by atoms with E-state index in [0.29, 0.717) is 0 Å². The van der Waals surface area contributed by atoms with Gasteiger partial charge in [-0.15, -0.1) is 0 Å². The van der Waals surface area contributed by atoms with Crippen molar-refractivity contribution in [2.75, 3.05) is 5.73 Å². The van der Waals surface area contributed by atoms with Gasteiger partial charge in [-0.3, -0.25) is 4.68 Å². The SMILES string of the molecule is CCc1nsc(Sc2c(N)c(CC)nn2C)n1. The average molecular weight is 269 g/mol. The van der Waals surface area contributed by atoms with E-state index in [1.54, 1.807) is 0 Å². The summed E-state index contributed by atoms with van der Waals surface area (Å²) in [6, 6.07) is 0. The predicted molar refractivity (Wildman–Crippen MR) is 70.4 cm³/mol. The Morgan fingerprint density at radius 1 is 1.35 bits per heavy atom. The van der Waals surface area contributed by atoms with Crippen molar-refractivity contribution < 1.29 is 0 Å². The van der Waals surface area contributed by atoms with E-state index < -0.39 is 0 Å². The average Bonchev–Trinajstić information content (AvgIpc) is 2.88. The highest BCUT2D eigenvalue weighted by Crippen LogP contribution is 2.34. The van der Waals surface area contributed by atoms with E-state index in [4.69, 9.17) is 5.73 Å². The van der Waals surface area contributed by atoms with E-state index in [0.717, 1.165) is 39.4 Å². The summed E-state index contributed by atoms with van der Waals surface area (Å²) in [6.45, 7) is 4.09. The fourth-order valence-corrected chi connectivity index (χ4v) is 3.18. The first-order chi connectivity index (χ1) is 8.15. The zero-order valence-electron chi connectivity index (χ0n) is 10.1. The molecule has 0 radical (unpaired) electrons. The Morgan fingerprint density at radius 3 is 2.65 bits per heavy atom. The second-order valence-electron chi connectivity index (χ2n) is 3.57. The van der Waals surface area contributed by atoms with Gasteiger partial charge in [0, 0.05) is 13.5 Å². The van der Waals surface area contributed by atoms with E-state index in [1.807, 2.05) is 25.6 Å². The summed E-state index contributed by atoms with van der Waals surface area (Å²) in [5.74, 6) is 0.883. The molecule has 0 saturated carbocycles. The van der Waals surface area contributed by atoms with E-state index in [-0.39, 0.29) is 0 Å². The molecule has 0 aliphatic carbocycles. The number of nitrogens with two attached hydrogens (primary N) is 1. The minimum atomic E-state index is 0.758. The second-order valence-corrected chi connectivity index (χ2v) is 5.56. The van der Waals surface area contributed by atoms with Gasteiger partial charge in [-0.1, -0.05) is 13.8 Å². The zero-order chi connectivity index (χ0) is 12.4. The summed E-state index contributed by atoms with van der Waals surface area (Å²) in [5, 5.41) is 5.32. The molecular formula is C10H15N5S2. The number of anilines is 1. The van der Waals surface area contributed by atoms with E-state index in [9.17, 15) is 0 Å². The lowest BCUT2D eigenvalue weighted by Crippen LogP contribution is -1.93. The number of aryl methyl sites for hydroxylation is 3. The molecule has 0 fully saturated rings. The van der Waals surface area contributed by atoms with Gasteiger partial charge in [0.25, 0.3) is 0 Å². The first kappa shape index (κ1) is 12.4. The molecule has 0 bridgehead atoms. The summed E-state index contributed by atoms with van der Waals surface area (Å²) in [6.07, 6.45) is 1.70. The smallest absolute Gasteiger partial charge is 0.176 e. The Hall–Kier alpha value is -1.08. The van der Waals surface area contributed by atoms with Crippen LogP contribution in [0.25, 0.3) is 0 Å². The van der Waals surface area contributed by atoms with Gasteiger partial charge in [-0.25, -0.2) is 4.98 Å². The molecule has 2 aromatic heterocycles. The van der Waals surface area contributed by atoms with Crippen molar-refractivity contribution in [3.8, 4) is 0 Å². The number of rotatable bonds is 4. The van der Waals surface area contributed by atoms with Crippen molar-refractivity contribution >= 4 is 29.0 Å². The van der Waals surface area contributed by atoms with Gasteiger partial charge in [0.2, 0.25) is 0 Å². The van der Waals surface area contributed by atoms with Gasteiger partial charge in [0.1, 0.15) is 10.9 Å². The summed E-state index contributed by atoms with van der Waals surface area (Å²) in [5.41, 5.74) is 7.75. The van der Waals surface area contributed by atoms with Crippen LogP contribution in [0.1, 0.15) is 25.4 Å². The number of aromatic nitrogens is 4. The molecule has 0 spiro atoms. The second kappa shape index (κ2) is 5.05. The summed E-state index contributed by atoms with van der Waals surface area (Å²) in [7, 11) is 1.90. The largest absolute Gasteiger partial charge is 0.395 e. The van der Waals surface area contributed by atoms with Gasteiger partial charge in [0.05, 0.1) is 11.4 Å². The maximum Gasteiger partial charge on any atom is 0.176 e.